The second-order valence-electron chi connectivity index (χ2n) is 3.71. The highest BCUT2D eigenvalue weighted by Gasteiger charge is 2.14. The van der Waals surface area contributed by atoms with Gasteiger partial charge in [0.05, 0.1) is 5.92 Å². The summed E-state index contributed by atoms with van der Waals surface area (Å²) in [5, 5.41) is 8.57. The maximum Gasteiger partial charge on any atom is 0.505 e. The molecule has 0 bridgehead atoms. The lowest BCUT2D eigenvalue weighted by Gasteiger charge is -2.14. The maximum absolute atomic E-state index is 10.5. The smallest absolute Gasteiger partial charge is 0.450 e. The van der Waals surface area contributed by atoms with Gasteiger partial charge in [-0.25, -0.2) is 4.79 Å². The number of ether oxygens (including phenoxy) is 1. The number of benzene rings is 1. The summed E-state index contributed by atoms with van der Waals surface area (Å²) in [6, 6.07) is 7.60. The lowest BCUT2D eigenvalue weighted by Crippen LogP contribution is -2.13. The van der Waals surface area contributed by atoms with Crippen LogP contribution in [0.5, 0.6) is 0 Å². The van der Waals surface area contributed by atoms with Gasteiger partial charge in [0.25, 0.3) is 0 Å². The first-order chi connectivity index (χ1) is 8.69. The van der Waals surface area contributed by atoms with Gasteiger partial charge in [-0.05, 0) is 11.1 Å². The zero-order chi connectivity index (χ0) is 13.4. The van der Waals surface area contributed by atoms with Crippen molar-refractivity contribution in [1.82, 2.24) is 0 Å². The van der Waals surface area contributed by atoms with Crippen LogP contribution in [0.25, 0.3) is 0 Å². The van der Waals surface area contributed by atoms with Crippen LogP contribution in [0, 0.1) is 11.8 Å². The van der Waals surface area contributed by atoms with Gasteiger partial charge in [-0.1, -0.05) is 37.1 Å². The normalized spacial score (nSPS) is 11.2. The van der Waals surface area contributed by atoms with Gasteiger partial charge >= 0.3 is 6.16 Å². The van der Waals surface area contributed by atoms with E-state index in [9.17, 15) is 4.79 Å². The molecule has 0 saturated carbocycles. The third kappa shape index (κ3) is 4.11. The second-order valence-corrected chi connectivity index (χ2v) is 3.71. The molecule has 1 atom stereocenters. The van der Waals surface area contributed by atoms with E-state index in [0.717, 1.165) is 11.1 Å². The van der Waals surface area contributed by atoms with Crippen molar-refractivity contribution in [1.29, 1.82) is 0 Å². The minimum absolute atomic E-state index is 0.0271. The summed E-state index contributed by atoms with van der Waals surface area (Å²) in [6.45, 7) is 2.36. The molecule has 0 heterocycles. The van der Waals surface area contributed by atoms with Crippen molar-refractivity contribution in [2.75, 3.05) is 6.61 Å². The van der Waals surface area contributed by atoms with Crippen molar-refractivity contribution in [3.8, 4) is 11.8 Å². The fraction of sp³-hybridized carbons (Fsp3) is 0.357. The number of nitrogens with two attached hydrogens (primary N) is 1. The van der Waals surface area contributed by atoms with Gasteiger partial charge < -0.3 is 15.6 Å². The van der Waals surface area contributed by atoms with E-state index >= 15 is 0 Å². The molecule has 0 fully saturated rings. The lowest BCUT2D eigenvalue weighted by molar-refractivity contribution is 0.0899. The molecule has 0 saturated heterocycles. The van der Waals surface area contributed by atoms with Crippen LogP contribution >= 0.6 is 0 Å². The van der Waals surface area contributed by atoms with Crippen molar-refractivity contribution < 1.29 is 14.6 Å². The van der Waals surface area contributed by atoms with Crippen LogP contribution in [0.2, 0.25) is 0 Å². The van der Waals surface area contributed by atoms with Crippen LogP contribution in [0.15, 0.2) is 24.3 Å². The Hall–Kier alpha value is -1.99. The number of hydrogen-bond donors (Lipinski definition) is 2. The third-order valence-electron chi connectivity index (χ3n) is 2.48. The monoisotopic (exact) mass is 247 g/mol. The molecule has 1 aromatic carbocycles. The minimum atomic E-state index is -1.29. The number of carboxylic acid groups (broad SMARTS) is 1. The average Bonchev–Trinajstić information content (AvgIpc) is 2.38. The average molecular weight is 247 g/mol. The molecule has 1 aromatic rings. The van der Waals surface area contributed by atoms with Crippen LogP contribution in [0.3, 0.4) is 0 Å². The Morgan fingerprint density at radius 2 is 2.22 bits per heavy atom. The molecule has 0 radical (unpaired) electrons. The van der Waals surface area contributed by atoms with Gasteiger partial charge in [0, 0.05) is 13.0 Å². The minimum Gasteiger partial charge on any atom is -0.450 e. The van der Waals surface area contributed by atoms with Crippen molar-refractivity contribution in [3.05, 3.63) is 35.4 Å². The van der Waals surface area contributed by atoms with Crippen LogP contribution in [0.1, 0.15) is 30.4 Å². The standard InChI is InChI=1S/C14H17NO3/c1-2-3-6-12(10-18-14(16)17)13-8-5-4-7-11(13)9-15/h4-5,7-8,12H,2,9-10,15H2,1H3,(H,16,17). The molecular formula is C14H17NO3. The van der Waals surface area contributed by atoms with Crippen LogP contribution < -0.4 is 5.73 Å². The zero-order valence-electron chi connectivity index (χ0n) is 10.3. The highest BCUT2D eigenvalue weighted by Crippen LogP contribution is 2.20. The summed E-state index contributed by atoms with van der Waals surface area (Å²) in [5.41, 5.74) is 7.56. The molecule has 0 aromatic heterocycles. The van der Waals surface area contributed by atoms with Gasteiger partial charge in [-0.2, -0.15) is 0 Å². The van der Waals surface area contributed by atoms with Crippen molar-refractivity contribution in [2.45, 2.75) is 25.8 Å². The summed E-state index contributed by atoms with van der Waals surface area (Å²) in [4.78, 5) is 10.5. The molecule has 0 spiro atoms. The predicted octanol–water partition coefficient (Wildman–Crippen LogP) is 2.34. The van der Waals surface area contributed by atoms with Gasteiger partial charge in [-0.3, -0.25) is 0 Å². The van der Waals surface area contributed by atoms with Crippen molar-refractivity contribution >= 4 is 6.16 Å². The molecular weight excluding hydrogens is 230 g/mol. The molecule has 1 unspecified atom stereocenters. The highest BCUT2D eigenvalue weighted by atomic mass is 16.7. The fourth-order valence-corrected chi connectivity index (χ4v) is 1.65. The Morgan fingerprint density at radius 1 is 1.50 bits per heavy atom. The molecule has 1 rings (SSSR count). The van der Waals surface area contributed by atoms with Crippen LogP contribution in [-0.2, 0) is 11.3 Å². The molecule has 0 amide bonds. The summed E-state index contributed by atoms with van der Waals surface area (Å²) in [5.74, 6) is 5.72. The quantitative estimate of drug-likeness (QED) is 0.632. The Balaban J connectivity index is 2.97. The predicted molar refractivity (Wildman–Crippen MR) is 69.1 cm³/mol. The van der Waals surface area contributed by atoms with E-state index in [1.165, 1.54) is 0 Å². The summed E-state index contributed by atoms with van der Waals surface area (Å²) >= 11 is 0. The zero-order valence-corrected chi connectivity index (χ0v) is 10.3. The van der Waals surface area contributed by atoms with E-state index in [0.29, 0.717) is 13.0 Å². The highest BCUT2D eigenvalue weighted by molar-refractivity contribution is 5.57. The molecule has 0 aliphatic heterocycles. The van der Waals surface area contributed by atoms with Crippen molar-refractivity contribution in [2.24, 2.45) is 5.73 Å². The molecule has 96 valence electrons. The van der Waals surface area contributed by atoms with Gasteiger partial charge in [0.1, 0.15) is 6.61 Å². The van der Waals surface area contributed by atoms with Crippen LogP contribution in [-0.4, -0.2) is 17.9 Å². The van der Waals surface area contributed by atoms with Crippen molar-refractivity contribution in [3.63, 3.8) is 0 Å². The Morgan fingerprint density at radius 3 is 2.83 bits per heavy atom. The van der Waals surface area contributed by atoms with E-state index in [4.69, 9.17) is 10.8 Å². The van der Waals surface area contributed by atoms with E-state index in [2.05, 4.69) is 16.6 Å². The number of carbonyl (C=O) groups is 1. The second kappa shape index (κ2) is 7.36. The topological polar surface area (TPSA) is 72.5 Å². The Labute approximate surface area is 107 Å². The van der Waals surface area contributed by atoms with E-state index < -0.39 is 6.16 Å². The first-order valence-corrected chi connectivity index (χ1v) is 5.81. The molecule has 3 N–H and O–H groups in total. The molecule has 0 aliphatic carbocycles. The van der Waals surface area contributed by atoms with Gasteiger partial charge in [-0.15, -0.1) is 5.92 Å². The third-order valence-corrected chi connectivity index (χ3v) is 2.48. The van der Waals surface area contributed by atoms with E-state index in [-0.39, 0.29) is 12.5 Å². The largest absolute Gasteiger partial charge is 0.505 e. The van der Waals surface area contributed by atoms with Gasteiger partial charge in [0.15, 0.2) is 0 Å². The van der Waals surface area contributed by atoms with Gasteiger partial charge in [0.2, 0.25) is 0 Å². The lowest BCUT2D eigenvalue weighted by atomic mass is 9.95. The van der Waals surface area contributed by atoms with E-state index in [1.54, 1.807) is 0 Å². The van der Waals surface area contributed by atoms with E-state index in [1.807, 2.05) is 31.2 Å². The first kappa shape index (κ1) is 14.1. The Bertz CT molecular complexity index is 460. The summed E-state index contributed by atoms with van der Waals surface area (Å²) in [7, 11) is 0. The SMILES string of the molecule is CCC#CC(COC(=O)O)c1ccccc1CN. The molecule has 4 heteroatoms. The summed E-state index contributed by atoms with van der Waals surface area (Å²) < 4.78 is 4.63. The first-order valence-electron chi connectivity index (χ1n) is 5.81. The number of rotatable bonds is 4. The summed E-state index contributed by atoms with van der Waals surface area (Å²) in [6.07, 6.45) is -0.572. The maximum atomic E-state index is 10.5. The molecule has 0 aliphatic rings. The van der Waals surface area contributed by atoms with Crippen LogP contribution in [0.4, 0.5) is 4.79 Å². The molecule has 18 heavy (non-hydrogen) atoms. The molecule has 4 nitrogen and oxygen atoms in total. The Kier molecular flexibility index (Phi) is 5.75. The number of hydrogen-bond acceptors (Lipinski definition) is 3. The fourth-order valence-electron chi connectivity index (χ4n) is 1.65.